The van der Waals surface area contributed by atoms with Crippen molar-refractivity contribution in [1.29, 1.82) is 0 Å². The minimum atomic E-state index is -0.451. The van der Waals surface area contributed by atoms with E-state index >= 15 is 0 Å². The van der Waals surface area contributed by atoms with E-state index in [2.05, 4.69) is 11.4 Å². The molecule has 1 aliphatic rings. The van der Waals surface area contributed by atoms with Gasteiger partial charge in [0.25, 0.3) is 5.91 Å². The lowest BCUT2D eigenvalue weighted by molar-refractivity contribution is -0.123. The van der Waals surface area contributed by atoms with Gasteiger partial charge in [0.05, 0.1) is 6.61 Å². The fourth-order valence-electron chi connectivity index (χ4n) is 3.06. The number of hydrogen-bond acceptors (Lipinski definition) is 3. The number of benzene rings is 2. The first-order valence-corrected chi connectivity index (χ1v) is 8.55. The molecule has 0 saturated carbocycles. The molecule has 0 fully saturated rings. The molecule has 0 saturated heterocycles. The van der Waals surface area contributed by atoms with E-state index in [0.29, 0.717) is 5.75 Å². The molecule has 2 N–H and O–H groups in total. The third-order valence-corrected chi connectivity index (χ3v) is 4.46. The molecule has 2 aromatic rings. The van der Waals surface area contributed by atoms with Crippen LogP contribution >= 0.6 is 0 Å². The molecule has 0 aromatic heterocycles. The van der Waals surface area contributed by atoms with Crippen LogP contribution in [0.25, 0.3) is 0 Å². The second-order valence-corrected chi connectivity index (χ2v) is 6.29. The van der Waals surface area contributed by atoms with Crippen LogP contribution in [0.5, 0.6) is 5.75 Å². The van der Waals surface area contributed by atoms with Crippen molar-refractivity contribution in [2.24, 2.45) is 0 Å². The number of nitrogens with one attached hydrogen (secondary N) is 1. The number of aryl methyl sites for hydroxylation is 2. The Labute approximate surface area is 146 Å². The van der Waals surface area contributed by atoms with Crippen LogP contribution in [0.3, 0.4) is 0 Å². The van der Waals surface area contributed by atoms with E-state index in [9.17, 15) is 9.18 Å². The molecule has 0 radical (unpaired) electrons. The van der Waals surface area contributed by atoms with Crippen LogP contribution in [0.1, 0.15) is 35.1 Å². The molecule has 0 aliphatic heterocycles. The third kappa shape index (κ3) is 4.57. The number of fused-ring (bicyclic) bond motifs is 1. The van der Waals surface area contributed by atoms with Crippen molar-refractivity contribution in [1.82, 2.24) is 5.32 Å². The second kappa shape index (κ2) is 8.12. The summed E-state index contributed by atoms with van der Waals surface area (Å²) in [4.78, 5) is 11.9. The molecule has 132 valence electrons. The predicted octanol–water partition coefficient (Wildman–Crippen LogP) is 2.89. The van der Waals surface area contributed by atoms with Gasteiger partial charge in [0.15, 0.2) is 6.61 Å². The Bertz CT molecular complexity index is 761. The normalized spacial score (nSPS) is 13.2. The Kier molecular flexibility index (Phi) is 5.66. The van der Waals surface area contributed by atoms with Gasteiger partial charge in [0.1, 0.15) is 11.6 Å². The topological polar surface area (TPSA) is 58.6 Å². The van der Waals surface area contributed by atoms with Crippen LogP contribution in [0.2, 0.25) is 0 Å². The molecule has 0 unspecified atom stereocenters. The smallest absolute Gasteiger partial charge is 0.258 e. The highest BCUT2D eigenvalue weighted by molar-refractivity contribution is 5.77. The number of halogens is 1. The highest BCUT2D eigenvalue weighted by atomic mass is 19.1. The Balaban J connectivity index is 1.50. The van der Waals surface area contributed by atoms with Gasteiger partial charge >= 0.3 is 0 Å². The zero-order valence-electron chi connectivity index (χ0n) is 14.1. The minimum Gasteiger partial charge on any atom is -0.484 e. The van der Waals surface area contributed by atoms with Gasteiger partial charge in [0, 0.05) is 12.1 Å². The molecule has 0 atom stereocenters. The lowest BCUT2D eigenvalue weighted by Gasteiger charge is -2.16. The summed E-state index contributed by atoms with van der Waals surface area (Å²) < 4.78 is 18.9. The van der Waals surface area contributed by atoms with Gasteiger partial charge in [-0.2, -0.15) is 0 Å². The van der Waals surface area contributed by atoms with Gasteiger partial charge in [-0.25, -0.2) is 4.39 Å². The quantitative estimate of drug-likeness (QED) is 0.848. The van der Waals surface area contributed by atoms with Crippen molar-refractivity contribution in [3.63, 3.8) is 0 Å². The summed E-state index contributed by atoms with van der Waals surface area (Å²) >= 11 is 0. The first-order chi connectivity index (χ1) is 12.2. The van der Waals surface area contributed by atoms with Crippen LogP contribution in [-0.2, 0) is 30.8 Å². The number of rotatable bonds is 6. The molecule has 0 heterocycles. The van der Waals surface area contributed by atoms with Crippen molar-refractivity contribution in [3.05, 3.63) is 64.5 Å². The molecular formula is C20H22FNO3. The van der Waals surface area contributed by atoms with Crippen molar-refractivity contribution in [3.8, 4) is 5.75 Å². The Morgan fingerprint density at radius 2 is 1.92 bits per heavy atom. The average molecular weight is 343 g/mol. The van der Waals surface area contributed by atoms with E-state index in [4.69, 9.17) is 9.84 Å². The lowest BCUT2D eigenvalue weighted by Crippen LogP contribution is -2.28. The summed E-state index contributed by atoms with van der Waals surface area (Å²) in [6, 6.07) is 10.4. The first-order valence-electron chi connectivity index (χ1n) is 8.55. The summed E-state index contributed by atoms with van der Waals surface area (Å²) in [5.74, 6) is 0.0149. The number of hydrogen-bond donors (Lipinski definition) is 2. The molecule has 1 aliphatic carbocycles. The Morgan fingerprint density at radius 3 is 2.72 bits per heavy atom. The summed E-state index contributed by atoms with van der Waals surface area (Å²) in [7, 11) is 0. The first kappa shape index (κ1) is 17.4. The molecular weight excluding hydrogens is 321 g/mol. The van der Waals surface area contributed by atoms with Gasteiger partial charge in [-0.1, -0.05) is 12.1 Å². The second-order valence-electron chi connectivity index (χ2n) is 6.29. The molecule has 3 rings (SSSR count). The maximum absolute atomic E-state index is 13.3. The molecule has 1 amide bonds. The molecule has 4 nitrogen and oxygen atoms in total. The largest absolute Gasteiger partial charge is 0.484 e. The average Bonchev–Trinajstić information content (AvgIpc) is 2.65. The van der Waals surface area contributed by atoms with Crippen molar-refractivity contribution in [2.75, 3.05) is 6.61 Å². The van der Waals surface area contributed by atoms with Crippen molar-refractivity contribution in [2.45, 2.75) is 38.8 Å². The molecule has 0 spiro atoms. The number of ether oxygens (including phenoxy) is 1. The summed E-state index contributed by atoms with van der Waals surface area (Å²) in [5.41, 5.74) is 3.63. The maximum Gasteiger partial charge on any atom is 0.258 e. The molecule has 0 bridgehead atoms. The van der Waals surface area contributed by atoms with Crippen molar-refractivity contribution >= 4 is 5.91 Å². The van der Waals surface area contributed by atoms with Crippen LogP contribution in [0.4, 0.5) is 4.39 Å². The van der Waals surface area contributed by atoms with Crippen LogP contribution in [0, 0.1) is 5.82 Å². The molecule has 5 heteroatoms. The van der Waals surface area contributed by atoms with Gasteiger partial charge in [-0.15, -0.1) is 0 Å². The van der Waals surface area contributed by atoms with Gasteiger partial charge in [-0.3, -0.25) is 4.79 Å². The van der Waals surface area contributed by atoms with Crippen molar-refractivity contribution < 1.29 is 19.0 Å². The fourth-order valence-corrected chi connectivity index (χ4v) is 3.06. The lowest BCUT2D eigenvalue weighted by atomic mass is 9.92. The zero-order chi connectivity index (χ0) is 17.6. The zero-order valence-corrected chi connectivity index (χ0v) is 14.1. The van der Waals surface area contributed by atoms with E-state index in [1.165, 1.54) is 30.0 Å². The third-order valence-electron chi connectivity index (χ3n) is 4.46. The SMILES string of the molecule is O=C(COc1ccc2c(c1)CCCC2)NCc1ccc(F)c(CO)c1. The van der Waals surface area contributed by atoms with Gasteiger partial charge in [-0.05, 0) is 66.6 Å². The standard InChI is InChI=1S/C20H22FNO3/c21-19-8-5-14(9-17(19)12-23)11-22-20(24)13-25-18-7-6-15-3-1-2-4-16(15)10-18/h5-10,23H,1-4,11-13H2,(H,22,24). The van der Waals surface area contributed by atoms with E-state index in [1.807, 2.05) is 12.1 Å². The fraction of sp³-hybridized carbons (Fsp3) is 0.350. The summed E-state index contributed by atoms with van der Waals surface area (Å²) in [5, 5.41) is 11.8. The van der Waals surface area contributed by atoms with E-state index in [1.54, 1.807) is 12.1 Å². The Morgan fingerprint density at radius 1 is 1.12 bits per heavy atom. The van der Waals surface area contributed by atoms with Crippen LogP contribution < -0.4 is 10.1 Å². The minimum absolute atomic E-state index is 0.0627. The van der Waals surface area contributed by atoms with Crippen LogP contribution in [-0.4, -0.2) is 17.6 Å². The Hall–Kier alpha value is -2.40. The van der Waals surface area contributed by atoms with E-state index in [-0.39, 0.29) is 31.2 Å². The predicted molar refractivity (Wildman–Crippen MR) is 92.7 cm³/mol. The number of carbonyl (C=O) groups is 1. The number of carbonyl (C=O) groups excluding carboxylic acids is 1. The molecule has 25 heavy (non-hydrogen) atoms. The molecule has 2 aromatic carbocycles. The summed E-state index contributed by atoms with van der Waals surface area (Å²) in [6.45, 7) is -0.165. The maximum atomic E-state index is 13.3. The highest BCUT2D eigenvalue weighted by Gasteiger charge is 2.11. The number of aliphatic hydroxyl groups excluding tert-OH is 1. The van der Waals surface area contributed by atoms with E-state index in [0.717, 1.165) is 18.4 Å². The number of amides is 1. The monoisotopic (exact) mass is 343 g/mol. The highest BCUT2D eigenvalue weighted by Crippen LogP contribution is 2.25. The summed E-state index contributed by atoms with van der Waals surface area (Å²) in [6.07, 6.45) is 4.61. The van der Waals surface area contributed by atoms with Gasteiger partial charge in [0.2, 0.25) is 0 Å². The van der Waals surface area contributed by atoms with Gasteiger partial charge < -0.3 is 15.2 Å². The number of aliphatic hydroxyl groups is 1. The van der Waals surface area contributed by atoms with Crippen LogP contribution in [0.15, 0.2) is 36.4 Å². The van der Waals surface area contributed by atoms with E-state index < -0.39 is 5.82 Å².